The number of carbonyl (C=O) groups is 1. The molecule has 0 rings (SSSR count). The highest BCUT2D eigenvalue weighted by atomic mass is 31.2. The monoisotopic (exact) mass is 1260 g/mol. The molecule has 0 aromatic heterocycles. The van der Waals surface area contributed by atoms with Crippen LogP contribution in [0.15, 0.2) is 122 Å². The van der Waals surface area contributed by atoms with Gasteiger partial charge in [-0.25, -0.2) is 0 Å². The van der Waals surface area contributed by atoms with Gasteiger partial charge in [-0.05, 0) is 89.9 Å². The second kappa shape index (κ2) is 69.2. The molecular weight excluding hydrogens is 1120 g/mol. The van der Waals surface area contributed by atoms with Gasteiger partial charge in [0.15, 0.2) is 0 Å². The Balaban J connectivity index is 4.10. The molecule has 0 saturated heterocycles. The lowest BCUT2D eigenvalue weighted by molar-refractivity contribution is -0.870. The molecule has 0 bridgehead atoms. The number of likely N-dealkylation sites (N-methyl/N-ethyl adjacent to an activating group) is 1. The van der Waals surface area contributed by atoms with E-state index in [9.17, 15) is 19.4 Å². The number of phosphoric acid groups is 1. The number of hydrogen-bond donors (Lipinski definition) is 2. The summed E-state index contributed by atoms with van der Waals surface area (Å²) in [5.74, 6) is -0.180. The molecule has 0 fully saturated rings. The number of aliphatic hydroxyl groups excluding tert-OH is 1. The molecule has 3 unspecified atom stereocenters. The van der Waals surface area contributed by atoms with E-state index in [1.165, 1.54) is 186 Å². The molecule has 9 heteroatoms. The van der Waals surface area contributed by atoms with Crippen LogP contribution in [0.1, 0.15) is 328 Å². The summed E-state index contributed by atoms with van der Waals surface area (Å²) in [7, 11) is 1.29. The largest absolute Gasteiger partial charge is 0.756 e. The molecule has 1 amide bonds. The smallest absolute Gasteiger partial charge is 0.268 e. The van der Waals surface area contributed by atoms with Gasteiger partial charge in [0.1, 0.15) is 13.2 Å². The van der Waals surface area contributed by atoms with Crippen molar-refractivity contribution in [1.29, 1.82) is 0 Å². The van der Waals surface area contributed by atoms with Gasteiger partial charge in [0.2, 0.25) is 5.91 Å². The maximum Gasteiger partial charge on any atom is 0.268 e. The van der Waals surface area contributed by atoms with Crippen molar-refractivity contribution >= 4 is 13.7 Å². The highest BCUT2D eigenvalue weighted by Crippen LogP contribution is 2.38. The van der Waals surface area contributed by atoms with Gasteiger partial charge >= 0.3 is 0 Å². The number of nitrogens with zero attached hydrogens (tertiary/aromatic N) is 1. The molecule has 0 aromatic carbocycles. The van der Waals surface area contributed by atoms with E-state index in [-0.39, 0.29) is 19.1 Å². The van der Waals surface area contributed by atoms with Crippen LogP contribution in [0.5, 0.6) is 0 Å². The summed E-state index contributed by atoms with van der Waals surface area (Å²) in [6.45, 7) is 4.62. The highest BCUT2D eigenvalue weighted by Gasteiger charge is 2.24. The number of unbranched alkanes of at least 4 members (excludes halogenated alkanes) is 35. The van der Waals surface area contributed by atoms with Crippen LogP contribution in [0.3, 0.4) is 0 Å². The van der Waals surface area contributed by atoms with Crippen LogP contribution in [0, 0.1) is 0 Å². The van der Waals surface area contributed by atoms with Crippen LogP contribution in [0.2, 0.25) is 0 Å². The number of phosphoric ester groups is 1. The van der Waals surface area contributed by atoms with Crippen molar-refractivity contribution in [3.8, 4) is 0 Å². The Morgan fingerprint density at radius 3 is 1.00 bits per heavy atom. The SMILES string of the molecule is CC/C=C\C/C=C\C/C=C\C/C=C\C/C=C\C/C=C\C/C=C\C/C=C\C/C=C\C/C=C\CCCCCCCCC(=O)NC(COP(=O)([O-])OCC[N+](C)(C)C)C(O)CCCCCCCCCCCCCCCCCCCCCCCCCCCCCCCC. The summed E-state index contributed by atoms with van der Waals surface area (Å²) in [5, 5.41) is 14.1. The maximum atomic E-state index is 13.1. The van der Waals surface area contributed by atoms with Crippen molar-refractivity contribution in [1.82, 2.24) is 5.32 Å². The summed E-state index contributed by atoms with van der Waals surface area (Å²) in [6.07, 6.45) is 103. The number of hydrogen-bond acceptors (Lipinski definition) is 6. The zero-order valence-corrected chi connectivity index (χ0v) is 59.7. The summed E-state index contributed by atoms with van der Waals surface area (Å²) in [6, 6.07) is -0.820. The number of rotatable bonds is 68. The van der Waals surface area contributed by atoms with Crippen molar-refractivity contribution in [2.45, 2.75) is 341 Å². The van der Waals surface area contributed by atoms with E-state index < -0.39 is 20.0 Å². The third-order valence-electron chi connectivity index (χ3n) is 16.5. The molecule has 0 aromatic rings. The minimum absolute atomic E-state index is 0.00361. The van der Waals surface area contributed by atoms with Crippen molar-refractivity contribution in [2.24, 2.45) is 0 Å². The van der Waals surface area contributed by atoms with Crippen LogP contribution in [-0.2, 0) is 18.4 Å². The van der Waals surface area contributed by atoms with Crippen LogP contribution in [0.4, 0.5) is 0 Å². The lowest BCUT2D eigenvalue weighted by Gasteiger charge is -2.30. The van der Waals surface area contributed by atoms with E-state index in [1.54, 1.807) is 0 Å². The zero-order chi connectivity index (χ0) is 64.8. The van der Waals surface area contributed by atoms with E-state index >= 15 is 0 Å². The first-order valence-corrected chi connectivity index (χ1v) is 38.8. The summed E-state index contributed by atoms with van der Waals surface area (Å²) >= 11 is 0. The molecule has 89 heavy (non-hydrogen) atoms. The third kappa shape index (κ3) is 72.2. The first-order valence-electron chi connectivity index (χ1n) is 37.4. The van der Waals surface area contributed by atoms with Crippen LogP contribution >= 0.6 is 7.82 Å². The second-order valence-corrected chi connectivity index (χ2v) is 27.7. The lowest BCUT2D eigenvalue weighted by Crippen LogP contribution is -2.46. The molecule has 2 N–H and O–H groups in total. The highest BCUT2D eigenvalue weighted by molar-refractivity contribution is 7.45. The molecule has 0 aliphatic carbocycles. The number of amides is 1. The van der Waals surface area contributed by atoms with E-state index in [4.69, 9.17) is 9.05 Å². The minimum Gasteiger partial charge on any atom is -0.756 e. The summed E-state index contributed by atoms with van der Waals surface area (Å²) < 4.78 is 23.6. The topological polar surface area (TPSA) is 108 Å². The first kappa shape index (κ1) is 85.9. The Hall–Kier alpha value is -3.10. The Labute approximate surface area is 552 Å². The summed E-state index contributed by atoms with van der Waals surface area (Å²) in [4.78, 5) is 25.7. The van der Waals surface area contributed by atoms with E-state index in [0.29, 0.717) is 23.9 Å². The van der Waals surface area contributed by atoms with Gasteiger partial charge in [0.05, 0.1) is 39.9 Å². The first-order chi connectivity index (χ1) is 43.5. The zero-order valence-electron chi connectivity index (χ0n) is 58.9. The Kier molecular flexibility index (Phi) is 66.8. The number of carbonyl (C=O) groups excluding carboxylic acids is 1. The predicted molar refractivity (Wildman–Crippen MR) is 389 cm³/mol. The van der Waals surface area contributed by atoms with Gasteiger partial charge in [0.25, 0.3) is 7.82 Å². The van der Waals surface area contributed by atoms with Gasteiger partial charge in [-0.1, -0.05) is 354 Å². The van der Waals surface area contributed by atoms with Gasteiger partial charge in [-0.3, -0.25) is 9.36 Å². The molecule has 514 valence electrons. The third-order valence-corrected chi connectivity index (χ3v) is 17.4. The van der Waals surface area contributed by atoms with Gasteiger partial charge in [0, 0.05) is 6.42 Å². The van der Waals surface area contributed by atoms with Gasteiger partial charge in [-0.2, -0.15) is 0 Å². The maximum absolute atomic E-state index is 13.1. The normalized spacial score (nSPS) is 14.3. The number of aliphatic hydroxyl groups is 1. The molecule has 0 aliphatic heterocycles. The summed E-state index contributed by atoms with van der Waals surface area (Å²) in [5.41, 5.74) is 0. The minimum atomic E-state index is -4.60. The second-order valence-electron chi connectivity index (χ2n) is 26.3. The molecule has 0 radical (unpaired) electrons. The van der Waals surface area contributed by atoms with Gasteiger partial charge in [-0.15, -0.1) is 0 Å². The van der Waals surface area contributed by atoms with E-state index in [2.05, 4.69) is 141 Å². The van der Waals surface area contributed by atoms with Crippen LogP contribution in [0.25, 0.3) is 0 Å². The number of quaternary nitrogens is 1. The van der Waals surface area contributed by atoms with Crippen molar-refractivity contribution < 1.29 is 32.9 Å². The molecule has 3 atom stereocenters. The van der Waals surface area contributed by atoms with Crippen molar-refractivity contribution in [3.63, 3.8) is 0 Å². The molecule has 0 aliphatic rings. The number of nitrogens with one attached hydrogen (secondary N) is 1. The predicted octanol–water partition coefficient (Wildman–Crippen LogP) is 23.8. The van der Waals surface area contributed by atoms with Crippen LogP contribution in [-0.4, -0.2) is 68.5 Å². The molecule has 0 heterocycles. The fourth-order valence-corrected chi connectivity index (χ4v) is 11.4. The number of allylic oxidation sites excluding steroid dienone is 20. The lowest BCUT2D eigenvalue weighted by atomic mass is 10.0. The molecule has 0 saturated carbocycles. The quantitative estimate of drug-likeness (QED) is 0.0272. The Morgan fingerprint density at radius 1 is 0.404 bits per heavy atom. The molecule has 0 spiro atoms. The van der Waals surface area contributed by atoms with E-state index in [1.807, 2.05) is 21.1 Å². The standard InChI is InChI=1S/C80H143N2O6P/c1-6-8-10-12-14-16-18-20-22-24-26-28-30-32-34-36-38-39-40-41-42-43-44-46-48-50-52-54-56-58-60-62-64-66-68-70-72-74-80(84)81-78(77-88-89(85,86)87-76-75-82(3,4)5)79(83)73-71-69-67-65-63-61-59-57-55-53-51-49-47-45-37-35-33-31-29-27-25-23-21-19-17-15-13-11-9-7-2/h8,10,14,16,20,22,26,28,32,34,38-39,41-42,44,46,50,52,56,58,78-79,83H,6-7,9,11-13,15,17-19,21,23-25,27,29-31,33,35-37,40,43,45,47-49,51,53-55,57,59-77H2,1-5H3,(H-,81,84,85,86)/b10-8-,16-14-,22-20-,28-26-,34-32-,39-38-,42-41-,46-44-,52-50-,58-56-. The molecular formula is C80H143N2O6P. The fourth-order valence-electron chi connectivity index (χ4n) is 10.7. The fraction of sp³-hybridized carbons (Fsp3) is 0.738. The van der Waals surface area contributed by atoms with Crippen LogP contribution < -0.4 is 10.2 Å². The van der Waals surface area contributed by atoms with Gasteiger partial charge < -0.3 is 28.8 Å². The van der Waals surface area contributed by atoms with E-state index in [0.717, 1.165) is 116 Å². The average molecular weight is 1260 g/mol. The van der Waals surface area contributed by atoms with Crippen molar-refractivity contribution in [3.05, 3.63) is 122 Å². The Bertz CT molecular complexity index is 1870. The molecule has 8 nitrogen and oxygen atoms in total. The average Bonchev–Trinajstić information content (AvgIpc) is 3.57. The Morgan fingerprint density at radius 2 is 0.685 bits per heavy atom. The van der Waals surface area contributed by atoms with Crippen molar-refractivity contribution in [2.75, 3.05) is 40.9 Å².